The maximum absolute atomic E-state index is 11.1. The summed E-state index contributed by atoms with van der Waals surface area (Å²) in [6.45, 7) is 3.66. The Morgan fingerprint density at radius 2 is 2.27 bits per heavy atom. The van der Waals surface area contributed by atoms with Gasteiger partial charge in [-0.15, -0.1) is 18.2 Å². The molecule has 0 heterocycles. The first-order valence-corrected chi connectivity index (χ1v) is 4.43. The average Bonchev–Trinajstić information content (AvgIpc) is 2.00. The Morgan fingerprint density at radius 1 is 1.73 bits per heavy atom. The number of esters is 1. The maximum atomic E-state index is 11.1. The lowest BCUT2D eigenvalue weighted by Crippen LogP contribution is -2.29. The molecule has 0 aliphatic carbocycles. The van der Waals surface area contributed by atoms with E-state index in [0.29, 0.717) is 0 Å². The van der Waals surface area contributed by atoms with Gasteiger partial charge in [-0.25, -0.2) is 0 Å². The molecule has 0 rings (SSSR count). The van der Waals surface area contributed by atoms with Crippen molar-refractivity contribution in [2.45, 2.75) is 18.6 Å². The predicted octanol–water partition coefficient (Wildman–Crippen LogP) is 1.30. The molecule has 2 nitrogen and oxygen atoms in total. The van der Waals surface area contributed by atoms with E-state index >= 15 is 0 Å². The Balaban J connectivity index is 3.94. The Morgan fingerprint density at radius 3 is 2.64 bits per heavy atom. The molecule has 0 aliphatic heterocycles. The van der Waals surface area contributed by atoms with Crippen LogP contribution in [0, 0.1) is 12.3 Å². The highest BCUT2D eigenvalue weighted by Gasteiger charge is 2.27. The molecule has 0 unspecified atom stereocenters. The van der Waals surface area contributed by atoms with Gasteiger partial charge in [0.05, 0.1) is 0 Å². The van der Waals surface area contributed by atoms with Crippen molar-refractivity contribution in [3.63, 3.8) is 0 Å². The molecule has 0 spiro atoms. The van der Waals surface area contributed by atoms with Gasteiger partial charge in [0.15, 0.2) is 6.61 Å². The van der Waals surface area contributed by atoms with Gasteiger partial charge < -0.3 is 4.74 Å². The van der Waals surface area contributed by atoms with Crippen LogP contribution in [0.3, 0.4) is 0 Å². The van der Waals surface area contributed by atoms with Crippen LogP contribution in [0.15, 0.2) is 0 Å². The number of hydrogen-bond donors (Lipinski definition) is 0. The van der Waals surface area contributed by atoms with Crippen molar-refractivity contribution in [3.05, 3.63) is 0 Å². The van der Waals surface area contributed by atoms with Crippen LogP contribution in [0.5, 0.6) is 0 Å². The van der Waals surface area contributed by atoms with Crippen LogP contribution >= 0.6 is 11.8 Å². The minimum Gasteiger partial charge on any atom is -0.451 e. The van der Waals surface area contributed by atoms with Gasteiger partial charge in [0, 0.05) is 0 Å². The zero-order valence-electron chi connectivity index (χ0n) is 7.01. The van der Waals surface area contributed by atoms with E-state index in [1.807, 2.05) is 6.26 Å². The number of ether oxygens (including phenoxy) is 1. The molecule has 0 bridgehead atoms. The molecular formula is C8H12O2S. The second-order valence-electron chi connectivity index (χ2n) is 2.49. The Kier molecular flexibility index (Phi) is 4.06. The van der Waals surface area contributed by atoms with E-state index in [1.54, 1.807) is 13.8 Å². The van der Waals surface area contributed by atoms with Crippen LogP contribution in [-0.2, 0) is 9.53 Å². The van der Waals surface area contributed by atoms with Crippen LogP contribution in [0.4, 0.5) is 0 Å². The topological polar surface area (TPSA) is 26.3 Å². The lowest BCUT2D eigenvalue weighted by molar-refractivity contribution is -0.144. The molecule has 0 amide bonds. The molecule has 0 saturated heterocycles. The molecule has 0 aromatic rings. The van der Waals surface area contributed by atoms with E-state index in [-0.39, 0.29) is 12.6 Å². The van der Waals surface area contributed by atoms with Crippen LogP contribution in [-0.4, -0.2) is 23.6 Å². The van der Waals surface area contributed by atoms with Crippen molar-refractivity contribution in [1.29, 1.82) is 0 Å². The van der Waals surface area contributed by atoms with Crippen LogP contribution < -0.4 is 0 Å². The fraction of sp³-hybridized carbons (Fsp3) is 0.625. The highest BCUT2D eigenvalue weighted by atomic mass is 32.2. The molecule has 0 fully saturated rings. The fourth-order valence-electron chi connectivity index (χ4n) is 0.364. The summed E-state index contributed by atoms with van der Waals surface area (Å²) in [5.74, 6) is 1.98. The monoisotopic (exact) mass is 172 g/mol. The number of hydrogen-bond acceptors (Lipinski definition) is 3. The summed E-state index contributed by atoms with van der Waals surface area (Å²) in [5.41, 5.74) is 0. The van der Waals surface area contributed by atoms with E-state index in [4.69, 9.17) is 11.2 Å². The molecular weight excluding hydrogens is 160 g/mol. The first-order valence-electron chi connectivity index (χ1n) is 3.20. The Labute approximate surface area is 71.7 Å². The smallest absolute Gasteiger partial charge is 0.322 e. The van der Waals surface area contributed by atoms with Crippen molar-refractivity contribution >= 4 is 17.7 Å². The lowest BCUT2D eigenvalue weighted by Gasteiger charge is -2.18. The van der Waals surface area contributed by atoms with Crippen molar-refractivity contribution in [2.75, 3.05) is 12.9 Å². The maximum Gasteiger partial charge on any atom is 0.322 e. The molecule has 3 heteroatoms. The summed E-state index contributed by atoms with van der Waals surface area (Å²) < 4.78 is 4.26. The van der Waals surface area contributed by atoms with Crippen molar-refractivity contribution in [2.24, 2.45) is 0 Å². The van der Waals surface area contributed by atoms with E-state index in [9.17, 15) is 4.79 Å². The number of carbonyl (C=O) groups is 1. The highest BCUT2D eigenvalue weighted by molar-refractivity contribution is 8.00. The number of terminal acetylenes is 1. The zero-order valence-corrected chi connectivity index (χ0v) is 7.83. The third-order valence-corrected chi connectivity index (χ3v) is 2.48. The molecule has 0 atom stereocenters. The van der Waals surface area contributed by atoms with Crippen LogP contribution in [0.1, 0.15) is 13.8 Å². The standard InChI is InChI=1S/C8H12O2S/c1-5-6-10-7(9)8(2,3)11-4/h1H,6H2,2-4H3. The summed E-state index contributed by atoms with van der Waals surface area (Å²) in [6, 6.07) is 0. The molecule has 0 aromatic carbocycles. The summed E-state index contributed by atoms with van der Waals surface area (Å²) in [5, 5.41) is 0. The number of thioether (sulfide) groups is 1. The third-order valence-electron chi connectivity index (χ3n) is 1.29. The molecule has 0 aromatic heterocycles. The molecule has 11 heavy (non-hydrogen) atoms. The van der Waals surface area contributed by atoms with Crippen molar-refractivity contribution in [1.82, 2.24) is 0 Å². The molecule has 0 N–H and O–H groups in total. The van der Waals surface area contributed by atoms with Gasteiger partial charge in [-0.3, -0.25) is 4.79 Å². The summed E-state index contributed by atoms with van der Waals surface area (Å²) >= 11 is 1.44. The quantitative estimate of drug-likeness (QED) is 0.474. The second-order valence-corrected chi connectivity index (χ2v) is 3.92. The van der Waals surface area contributed by atoms with E-state index < -0.39 is 4.75 Å². The molecule has 62 valence electrons. The summed E-state index contributed by atoms with van der Waals surface area (Å²) in [7, 11) is 0. The van der Waals surface area contributed by atoms with Crippen molar-refractivity contribution in [3.8, 4) is 12.3 Å². The second kappa shape index (κ2) is 4.30. The normalized spacial score (nSPS) is 10.4. The average molecular weight is 172 g/mol. The van der Waals surface area contributed by atoms with E-state index in [1.165, 1.54) is 11.8 Å². The molecule has 0 radical (unpaired) electrons. The first-order chi connectivity index (χ1) is 5.04. The fourth-order valence-corrected chi connectivity index (χ4v) is 0.590. The first kappa shape index (κ1) is 10.4. The van der Waals surface area contributed by atoms with Gasteiger partial charge in [-0.2, -0.15) is 0 Å². The molecule has 0 saturated carbocycles. The van der Waals surface area contributed by atoms with Crippen molar-refractivity contribution < 1.29 is 9.53 Å². The number of carbonyl (C=O) groups excluding carboxylic acids is 1. The Bertz CT molecular complexity index is 179. The SMILES string of the molecule is C#CCOC(=O)C(C)(C)SC. The lowest BCUT2D eigenvalue weighted by atomic mass is 10.2. The highest BCUT2D eigenvalue weighted by Crippen LogP contribution is 2.22. The number of rotatable bonds is 3. The van der Waals surface area contributed by atoms with Gasteiger partial charge in [0.2, 0.25) is 0 Å². The largest absolute Gasteiger partial charge is 0.451 e. The van der Waals surface area contributed by atoms with Crippen LogP contribution in [0.2, 0.25) is 0 Å². The zero-order chi connectivity index (χ0) is 8.91. The predicted molar refractivity (Wildman–Crippen MR) is 47.4 cm³/mol. The minimum absolute atomic E-state index is 0.0584. The Hall–Kier alpha value is -0.620. The van der Waals surface area contributed by atoms with Gasteiger partial charge in [-0.1, -0.05) is 5.92 Å². The van der Waals surface area contributed by atoms with E-state index in [2.05, 4.69) is 5.92 Å². The van der Waals surface area contributed by atoms with Gasteiger partial charge >= 0.3 is 5.97 Å². The summed E-state index contributed by atoms with van der Waals surface area (Å²) in [4.78, 5) is 11.1. The summed E-state index contributed by atoms with van der Waals surface area (Å²) in [6.07, 6.45) is 6.79. The van der Waals surface area contributed by atoms with Crippen LogP contribution in [0.25, 0.3) is 0 Å². The van der Waals surface area contributed by atoms with E-state index in [0.717, 1.165) is 0 Å². The molecule has 0 aliphatic rings. The van der Waals surface area contributed by atoms with Gasteiger partial charge in [0.1, 0.15) is 4.75 Å². The van der Waals surface area contributed by atoms with Gasteiger partial charge in [0.25, 0.3) is 0 Å². The third kappa shape index (κ3) is 3.33. The van der Waals surface area contributed by atoms with Gasteiger partial charge in [-0.05, 0) is 20.1 Å². The minimum atomic E-state index is -0.489.